The maximum absolute atomic E-state index is 12.1. The van der Waals surface area contributed by atoms with E-state index in [1.54, 1.807) is 0 Å². The number of carbonyl (C=O) groups excluding carboxylic acids is 1. The Bertz CT molecular complexity index is 871. The zero-order valence-electron chi connectivity index (χ0n) is 17.1. The van der Waals surface area contributed by atoms with Gasteiger partial charge in [-0.1, -0.05) is 23.4 Å². The second-order valence-electron chi connectivity index (χ2n) is 8.74. The molecule has 2 aliphatic heterocycles. The number of hydrogen-bond acceptors (Lipinski definition) is 7. The molecule has 1 saturated heterocycles. The molecule has 1 aromatic carbocycles. The van der Waals surface area contributed by atoms with Gasteiger partial charge < -0.3 is 15.8 Å². The second-order valence-corrected chi connectivity index (χ2v) is 8.74. The first-order valence-electron chi connectivity index (χ1n) is 10.3. The number of nitrogens with two attached hydrogens (primary N) is 1. The van der Waals surface area contributed by atoms with Crippen molar-refractivity contribution in [3.63, 3.8) is 0 Å². The number of nitrogens with one attached hydrogen (secondary N) is 1. The zero-order chi connectivity index (χ0) is 20.4. The van der Waals surface area contributed by atoms with E-state index in [1.807, 2.05) is 0 Å². The topological polar surface area (TPSA) is 107 Å². The van der Waals surface area contributed by atoms with Crippen LogP contribution in [0.1, 0.15) is 43.5 Å². The van der Waals surface area contributed by atoms with Gasteiger partial charge in [0, 0.05) is 25.1 Å². The van der Waals surface area contributed by atoms with Crippen molar-refractivity contribution in [3.05, 3.63) is 35.0 Å². The standard InChI is InChI=1S/C21H29N5O3/c1-21(2)11-15-4-3-5-16(19(15)28-21)13-26-8-6-14(7-9-26)12-23-18(27)10-17-20(22)25-29-24-17/h3-5,14H,6-13H2,1-2H3,(H2,22,25)(H,23,27). The highest BCUT2D eigenvalue weighted by Gasteiger charge is 2.32. The van der Waals surface area contributed by atoms with Crippen molar-refractivity contribution in [2.24, 2.45) is 5.92 Å². The van der Waals surface area contributed by atoms with E-state index in [1.165, 1.54) is 11.1 Å². The van der Waals surface area contributed by atoms with Gasteiger partial charge in [-0.15, -0.1) is 0 Å². The van der Waals surface area contributed by atoms with E-state index in [2.05, 4.69) is 57.2 Å². The van der Waals surface area contributed by atoms with E-state index in [4.69, 9.17) is 10.5 Å². The Kier molecular flexibility index (Phi) is 5.45. The molecule has 0 bridgehead atoms. The fraction of sp³-hybridized carbons (Fsp3) is 0.571. The van der Waals surface area contributed by atoms with E-state index >= 15 is 0 Å². The number of fused-ring (bicyclic) bond motifs is 1. The quantitative estimate of drug-likeness (QED) is 0.764. The van der Waals surface area contributed by atoms with Gasteiger partial charge in [0.05, 0.1) is 6.42 Å². The number of likely N-dealkylation sites (tertiary alicyclic amines) is 1. The molecule has 1 fully saturated rings. The van der Waals surface area contributed by atoms with Gasteiger partial charge in [-0.3, -0.25) is 9.69 Å². The molecule has 0 spiro atoms. The minimum Gasteiger partial charge on any atom is -0.487 e. The first kappa shape index (κ1) is 19.7. The number of rotatable bonds is 6. The van der Waals surface area contributed by atoms with E-state index in [0.29, 0.717) is 18.2 Å². The minimum absolute atomic E-state index is 0.101. The van der Waals surface area contributed by atoms with Crippen LogP contribution < -0.4 is 15.8 Å². The Morgan fingerprint density at radius 2 is 2.10 bits per heavy atom. The predicted octanol–water partition coefficient (Wildman–Crippen LogP) is 1.94. The van der Waals surface area contributed by atoms with Crippen molar-refractivity contribution in [1.82, 2.24) is 20.5 Å². The van der Waals surface area contributed by atoms with Gasteiger partial charge >= 0.3 is 0 Å². The zero-order valence-corrected chi connectivity index (χ0v) is 17.1. The summed E-state index contributed by atoms with van der Waals surface area (Å²) >= 11 is 0. The number of amides is 1. The summed E-state index contributed by atoms with van der Waals surface area (Å²) in [5.74, 6) is 1.64. The van der Waals surface area contributed by atoms with Crippen LogP contribution in [0.2, 0.25) is 0 Å². The van der Waals surface area contributed by atoms with Crippen LogP contribution in [0.5, 0.6) is 5.75 Å². The number of benzene rings is 1. The number of carbonyl (C=O) groups is 1. The summed E-state index contributed by atoms with van der Waals surface area (Å²) in [6, 6.07) is 6.49. The smallest absolute Gasteiger partial charge is 0.226 e. The van der Waals surface area contributed by atoms with Crippen molar-refractivity contribution in [2.45, 2.75) is 51.7 Å². The number of piperidine rings is 1. The molecule has 2 aliphatic rings. The van der Waals surface area contributed by atoms with Gasteiger partial charge in [0.2, 0.25) is 5.91 Å². The van der Waals surface area contributed by atoms with Crippen LogP contribution in [0.25, 0.3) is 0 Å². The molecule has 29 heavy (non-hydrogen) atoms. The Labute approximate surface area is 170 Å². The van der Waals surface area contributed by atoms with Crippen LogP contribution in [0, 0.1) is 5.92 Å². The lowest BCUT2D eigenvalue weighted by molar-refractivity contribution is -0.120. The molecule has 0 aliphatic carbocycles. The highest BCUT2D eigenvalue weighted by Crippen LogP contribution is 2.38. The Morgan fingerprint density at radius 1 is 1.31 bits per heavy atom. The fourth-order valence-electron chi connectivity index (χ4n) is 4.20. The molecular weight excluding hydrogens is 370 g/mol. The maximum Gasteiger partial charge on any atom is 0.226 e. The molecular formula is C21H29N5O3. The van der Waals surface area contributed by atoms with Gasteiger partial charge in [-0.2, -0.15) is 0 Å². The van der Waals surface area contributed by atoms with Crippen LogP contribution >= 0.6 is 0 Å². The summed E-state index contributed by atoms with van der Waals surface area (Å²) < 4.78 is 10.7. The van der Waals surface area contributed by atoms with Crippen LogP contribution in [0.3, 0.4) is 0 Å². The molecule has 0 saturated carbocycles. The van der Waals surface area contributed by atoms with Crippen molar-refractivity contribution in [2.75, 3.05) is 25.4 Å². The van der Waals surface area contributed by atoms with Gasteiger partial charge in [-0.05, 0) is 56.4 Å². The molecule has 1 aromatic heterocycles. The molecule has 1 amide bonds. The van der Waals surface area contributed by atoms with Gasteiger partial charge in [0.1, 0.15) is 17.0 Å². The molecule has 2 aromatic rings. The predicted molar refractivity (Wildman–Crippen MR) is 108 cm³/mol. The minimum atomic E-state index is -0.115. The van der Waals surface area contributed by atoms with Crippen LogP contribution in [0.15, 0.2) is 22.8 Å². The summed E-state index contributed by atoms with van der Waals surface area (Å²) in [6.07, 6.45) is 3.20. The monoisotopic (exact) mass is 399 g/mol. The van der Waals surface area contributed by atoms with Crippen LogP contribution in [-0.4, -0.2) is 46.4 Å². The summed E-state index contributed by atoms with van der Waals surface area (Å²) in [6.45, 7) is 7.92. The fourth-order valence-corrected chi connectivity index (χ4v) is 4.20. The van der Waals surface area contributed by atoms with E-state index in [0.717, 1.165) is 44.6 Å². The number of hydrogen-bond donors (Lipinski definition) is 2. The Hall–Kier alpha value is -2.61. The Morgan fingerprint density at radius 3 is 2.83 bits per heavy atom. The number of para-hydroxylation sites is 1. The first-order chi connectivity index (χ1) is 13.9. The van der Waals surface area contributed by atoms with Crippen LogP contribution in [-0.2, 0) is 24.2 Å². The molecule has 156 valence electrons. The summed E-state index contributed by atoms with van der Waals surface area (Å²) in [5, 5.41) is 10.1. The second kappa shape index (κ2) is 8.02. The SMILES string of the molecule is CC1(C)Cc2cccc(CN3CCC(CNC(=O)Cc4nonc4N)CC3)c2O1. The number of nitrogens with zero attached hydrogens (tertiary/aromatic N) is 3. The lowest BCUT2D eigenvalue weighted by atomic mass is 9.96. The largest absolute Gasteiger partial charge is 0.487 e. The molecule has 4 rings (SSSR count). The number of anilines is 1. The number of nitrogen functional groups attached to an aromatic ring is 1. The maximum atomic E-state index is 12.1. The van der Waals surface area contributed by atoms with Crippen molar-refractivity contribution >= 4 is 11.7 Å². The average Bonchev–Trinajstić information content (AvgIpc) is 3.23. The summed E-state index contributed by atoms with van der Waals surface area (Å²) in [7, 11) is 0. The first-order valence-corrected chi connectivity index (χ1v) is 10.3. The van der Waals surface area contributed by atoms with Crippen LogP contribution in [0.4, 0.5) is 5.82 Å². The third-order valence-electron chi connectivity index (χ3n) is 5.78. The molecule has 8 nitrogen and oxygen atoms in total. The van der Waals surface area contributed by atoms with Crippen molar-refractivity contribution < 1.29 is 14.2 Å². The normalized spacial score (nSPS) is 19.0. The summed E-state index contributed by atoms with van der Waals surface area (Å²) in [5.41, 5.74) is 8.46. The van der Waals surface area contributed by atoms with E-state index in [-0.39, 0.29) is 23.7 Å². The van der Waals surface area contributed by atoms with Crippen molar-refractivity contribution in [3.8, 4) is 5.75 Å². The molecule has 3 heterocycles. The molecule has 3 N–H and O–H groups in total. The van der Waals surface area contributed by atoms with Crippen molar-refractivity contribution in [1.29, 1.82) is 0 Å². The molecule has 0 radical (unpaired) electrons. The third kappa shape index (κ3) is 4.70. The highest BCUT2D eigenvalue weighted by atomic mass is 16.6. The third-order valence-corrected chi connectivity index (χ3v) is 5.78. The molecule has 0 atom stereocenters. The average molecular weight is 399 g/mol. The molecule has 8 heteroatoms. The van der Waals surface area contributed by atoms with Gasteiger partial charge in [-0.25, -0.2) is 4.63 Å². The Balaban J connectivity index is 1.23. The lowest BCUT2D eigenvalue weighted by Crippen LogP contribution is -2.38. The van der Waals surface area contributed by atoms with E-state index in [9.17, 15) is 4.79 Å². The lowest BCUT2D eigenvalue weighted by Gasteiger charge is -2.32. The number of aromatic nitrogens is 2. The molecule has 0 unspecified atom stereocenters. The van der Waals surface area contributed by atoms with E-state index < -0.39 is 0 Å². The van der Waals surface area contributed by atoms with Gasteiger partial charge in [0.15, 0.2) is 5.82 Å². The van der Waals surface area contributed by atoms with Gasteiger partial charge in [0.25, 0.3) is 0 Å². The number of ether oxygens (including phenoxy) is 1. The summed E-state index contributed by atoms with van der Waals surface area (Å²) in [4.78, 5) is 14.5. The highest BCUT2D eigenvalue weighted by molar-refractivity contribution is 5.79.